The van der Waals surface area contributed by atoms with Gasteiger partial charge in [-0.25, -0.2) is 0 Å². The molecule has 2 atom stereocenters. The van der Waals surface area contributed by atoms with E-state index in [1.165, 1.54) is 0 Å². The van der Waals surface area contributed by atoms with Crippen LogP contribution in [0, 0.1) is 0 Å². The largest absolute Gasteiger partial charge is 0.391 e. The highest BCUT2D eigenvalue weighted by molar-refractivity contribution is 5.83. The minimum atomic E-state index is -0.489. The third-order valence-electron chi connectivity index (χ3n) is 3.30. The van der Waals surface area contributed by atoms with Crippen molar-refractivity contribution in [3.05, 3.63) is 0 Å². The molecule has 5 nitrogen and oxygen atoms in total. The lowest BCUT2D eigenvalue weighted by Crippen LogP contribution is -2.54. The third kappa shape index (κ3) is 2.14. The number of hydrogen-bond donors (Lipinski definition) is 2. The second-order valence-corrected chi connectivity index (χ2v) is 4.36. The van der Waals surface area contributed by atoms with Gasteiger partial charge in [-0.3, -0.25) is 9.69 Å². The van der Waals surface area contributed by atoms with Gasteiger partial charge in [0.2, 0.25) is 5.91 Å². The van der Waals surface area contributed by atoms with Crippen LogP contribution in [0.2, 0.25) is 0 Å². The van der Waals surface area contributed by atoms with E-state index in [4.69, 9.17) is 0 Å². The van der Waals surface area contributed by atoms with E-state index < -0.39 is 6.10 Å². The molecule has 15 heavy (non-hydrogen) atoms. The van der Waals surface area contributed by atoms with Crippen molar-refractivity contribution in [2.45, 2.75) is 18.6 Å². The number of carbonyl (C=O) groups excluding carboxylic acids is 1. The normalized spacial score (nSPS) is 33.3. The zero-order valence-electron chi connectivity index (χ0n) is 9.15. The Morgan fingerprint density at radius 1 is 1.33 bits per heavy atom. The number of likely N-dealkylation sites (tertiary alicyclic amines) is 1. The molecule has 0 aliphatic carbocycles. The lowest BCUT2D eigenvalue weighted by atomic mass is 10.1. The average Bonchev–Trinajstić information content (AvgIpc) is 2.59. The summed E-state index contributed by atoms with van der Waals surface area (Å²) >= 11 is 0. The maximum absolute atomic E-state index is 12.1. The second-order valence-electron chi connectivity index (χ2n) is 4.36. The van der Waals surface area contributed by atoms with Gasteiger partial charge in [-0.15, -0.1) is 0 Å². The molecular weight excluding hydrogens is 194 g/mol. The van der Waals surface area contributed by atoms with Gasteiger partial charge in [-0.2, -0.15) is 0 Å². The molecule has 2 aliphatic rings. The number of amides is 1. The van der Waals surface area contributed by atoms with Crippen LogP contribution >= 0.6 is 0 Å². The fraction of sp³-hybridized carbons (Fsp3) is 0.900. The summed E-state index contributed by atoms with van der Waals surface area (Å²) < 4.78 is 0. The van der Waals surface area contributed by atoms with E-state index >= 15 is 0 Å². The van der Waals surface area contributed by atoms with E-state index in [1.54, 1.807) is 0 Å². The minimum Gasteiger partial charge on any atom is -0.391 e. The molecule has 0 spiro atoms. The van der Waals surface area contributed by atoms with Crippen LogP contribution in [0.5, 0.6) is 0 Å². The first kappa shape index (κ1) is 10.9. The van der Waals surface area contributed by atoms with E-state index in [1.807, 2.05) is 16.8 Å². The summed E-state index contributed by atoms with van der Waals surface area (Å²) in [5.41, 5.74) is 0. The Hall–Kier alpha value is -0.650. The zero-order chi connectivity index (χ0) is 10.8. The van der Waals surface area contributed by atoms with Crippen LogP contribution in [0.15, 0.2) is 0 Å². The molecule has 0 bridgehead atoms. The maximum atomic E-state index is 12.1. The van der Waals surface area contributed by atoms with Crippen LogP contribution in [-0.2, 0) is 4.79 Å². The predicted octanol–water partition coefficient (Wildman–Crippen LogP) is -1.52. The quantitative estimate of drug-likeness (QED) is 0.556. The van der Waals surface area contributed by atoms with Gasteiger partial charge in [-0.1, -0.05) is 0 Å². The Bertz CT molecular complexity index is 231. The first-order valence-corrected chi connectivity index (χ1v) is 5.58. The van der Waals surface area contributed by atoms with Crippen molar-refractivity contribution in [1.29, 1.82) is 0 Å². The number of hydrogen-bond acceptors (Lipinski definition) is 4. The summed E-state index contributed by atoms with van der Waals surface area (Å²) in [6.07, 6.45) is 0.219. The fourth-order valence-corrected chi connectivity index (χ4v) is 2.35. The van der Waals surface area contributed by atoms with Gasteiger partial charge >= 0.3 is 0 Å². The van der Waals surface area contributed by atoms with Gasteiger partial charge in [0.15, 0.2) is 0 Å². The zero-order valence-corrected chi connectivity index (χ0v) is 9.15. The van der Waals surface area contributed by atoms with Crippen molar-refractivity contribution < 1.29 is 9.90 Å². The molecule has 2 rings (SSSR count). The Balaban J connectivity index is 1.99. The molecule has 0 unspecified atom stereocenters. The third-order valence-corrected chi connectivity index (χ3v) is 3.30. The lowest BCUT2D eigenvalue weighted by Gasteiger charge is -2.32. The smallest absolute Gasteiger partial charge is 0.242 e. The van der Waals surface area contributed by atoms with Crippen molar-refractivity contribution in [1.82, 2.24) is 15.1 Å². The average molecular weight is 213 g/mol. The molecule has 2 saturated heterocycles. The highest BCUT2D eigenvalue weighted by atomic mass is 16.3. The van der Waals surface area contributed by atoms with Crippen molar-refractivity contribution in [3.63, 3.8) is 0 Å². The minimum absolute atomic E-state index is 0.0870. The Kier molecular flexibility index (Phi) is 3.23. The molecular formula is C10H19N3O2. The SMILES string of the molecule is CN1CC[C@H](O)[C@H]1C(=O)N1CCNCC1. The highest BCUT2D eigenvalue weighted by Gasteiger charge is 2.38. The van der Waals surface area contributed by atoms with Gasteiger partial charge < -0.3 is 15.3 Å². The number of likely N-dealkylation sites (N-methyl/N-ethyl adjacent to an activating group) is 1. The summed E-state index contributed by atoms with van der Waals surface area (Å²) in [5, 5.41) is 13.0. The van der Waals surface area contributed by atoms with Crippen LogP contribution in [0.3, 0.4) is 0 Å². The Morgan fingerprint density at radius 3 is 2.53 bits per heavy atom. The number of piperazine rings is 1. The molecule has 2 N–H and O–H groups in total. The van der Waals surface area contributed by atoms with Crippen molar-refractivity contribution in [2.75, 3.05) is 39.8 Å². The molecule has 86 valence electrons. The van der Waals surface area contributed by atoms with E-state index in [0.717, 1.165) is 32.7 Å². The predicted molar refractivity (Wildman–Crippen MR) is 56.5 cm³/mol. The van der Waals surface area contributed by atoms with Gasteiger partial charge in [0.05, 0.1) is 6.10 Å². The molecule has 0 saturated carbocycles. The topological polar surface area (TPSA) is 55.8 Å². The summed E-state index contributed by atoms with van der Waals surface area (Å²) in [4.78, 5) is 15.9. The van der Waals surface area contributed by atoms with Crippen molar-refractivity contribution in [3.8, 4) is 0 Å². The van der Waals surface area contributed by atoms with Crippen LogP contribution in [-0.4, -0.2) is 72.7 Å². The molecule has 0 aromatic rings. The molecule has 5 heteroatoms. The molecule has 0 aromatic carbocycles. The Morgan fingerprint density at radius 2 is 2.00 bits per heavy atom. The molecule has 2 fully saturated rings. The van der Waals surface area contributed by atoms with Crippen LogP contribution in [0.4, 0.5) is 0 Å². The standard InChI is InChI=1S/C10H19N3O2/c1-12-5-2-8(14)9(12)10(15)13-6-3-11-4-7-13/h8-9,11,14H,2-7H2,1H3/t8-,9-/m0/s1. The van der Waals surface area contributed by atoms with E-state index in [-0.39, 0.29) is 11.9 Å². The van der Waals surface area contributed by atoms with E-state index in [9.17, 15) is 9.90 Å². The Labute approximate surface area is 90.0 Å². The number of rotatable bonds is 1. The van der Waals surface area contributed by atoms with Gasteiger partial charge in [0.25, 0.3) is 0 Å². The molecule has 0 aromatic heterocycles. The lowest BCUT2D eigenvalue weighted by molar-refractivity contribution is -0.138. The first-order chi connectivity index (χ1) is 7.20. The number of nitrogens with one attached hydrogen (secondary N) is 1. The van der Waals surface area contributed by atoms with Gasteiger partial charge in [-0.05, 0) is 13.5 Å². The molecule has 0 radical (unpaired) electrons. The highest BCUT2D eigenvalue weighted by Crippen LogP contribution is 2.18. The fourth-order valence-electron chi connectivity index (χ4n) is 2.35. The van der Waals surface area contributed by atoms with Crippen molar-refractivity contribution >= 4 is 5.91 Å². The summed E-state index contributed by atoms with van der Waals surface area (Å²) in [6, 6.07) is -0.317. The number of aliphatic hydroxyl groups is 1. The van der Waals surface area contributed by atoms with E-state index in [2.05, 4.69) is 5.32 Å². The number of aliphatic hydroxyl groups excluding tert-OH is 1. The molecule has 1 amide bonds. The van der Waals surface area contributed by atoms with Crippen LogP contribution < -0.4 is 5.32 Å². The first-order valence-electron chi connectivity index (χ1n) is 5.58. The van der Waals surface area contributed by atoms with Crippen LogP contribution in [0.1, 0.15) is 6.42 Å². The molecule has 2 aliphatic heterocycles. The molecule has 2 heterocycles. The van der Waals surface area contributed by atoms with Gasteiger partial charge in [0.1, 0.15) is 6.04 Å². The summed E-state index contributed by atoms with van der Waals surface area (Å²) in [6.45, 7) is 4.05. The summed E-state index contributed by atoms with van der Waals surface area (Å²) in [5.74, 6) is 0.0870. The van der Waals surface area contributed by atoms with Crippen molar-refractivity contribution in [2.24, 2.45) is 0 Å². The number of carbonyl (C=O) groups is 1. The van der Waals surface area contributed by atoms with E-state index in [0.29, 0.717) is 6.42 Å². The van der Waals surface area contributed by atoms with Gasteiger partial charge in [0, 0.05) is 32.7 Å². The maximum Gasteiger partial charge on any atom is 0.242 e. The second kappa shape index (κ2) is 4.47. The van der Waals surface area contributed by atoms with Crippen LogP contribution in [0.25, 0.3) is 0 Å². The monoisotopic (exact) mass is 213 g/mol. The number of nitrogens with zero attached hydrogens (tertiary/aromatic N) is 2. The summed E-state index contributed by atoms with van der Waals surface area (Å²) in [7, 11) is 1.90.